The topological polar surface area (TPSA) is 58.6 Å². The zero-order chi connectivity index (χ0) is 14.2. The van der Waals surface area contributed by atoms with Gasteiger partial charge in [0, 0.05) is 15.9 Å². The van der Waals surface area contributed by atoms with Gasteiger partial charge in [-0.1, -0.05) is 13.8 Å². The minimum absolute atomic E-state index is 0.00639. The number of ether oxygens (including phenoxy) is 1. The van der Waals surface area contributed by atoms with Crippen molar-refractivity contribution in [3.8, 4) is 5.75 Å². The van der Waals surface area contributed by atoms with Gasteiger partial charge in [0.25, 0.3) is 5.91 Å². The van der Waals surface area contributed by atoms with Crippen LogP contribution in [0.15, 0.2) is 22.7 Å². The van der Waals surface area contributed by atoms with Gasteiger partial charge in [0.1, 0.15) is 5.75 Å². The van der Waals surface area contributed by atoms with Gasteiger partial charge in [-0.3, -0.25) is 4.79 Å². The van der Waals surface area contributed by atoms with Crippen LogP contribution in [0.2, 0.25) is 0 Å². The summed E-state index contributed by atoms with van der Waals surface area (Å²) in [4.78, 5) is 12.3. The second-order valence-corrected chi connectivity index (χ2v) is 6.30. The lowest BCUT2D eigenvalue weighted by atomic mass is 9.64. The molecule has 1 aromatic carbocycles. The molecule has 2 N–H and O–H groups in total. The minimum atomic E-state index is -0.355. The summed E-state index contributed by atoms with van der Waals surface area (Å²) in [6.07, 6.45) is 0.243. The fourth-order valence-electron chi connectivity index (χ4n) is 2.19. The first-order chi connectivity index (χ1) is 8.86. The van der Waals surface area contributed by atoms with E-state index in [0.29, 0.717) is 17.7 Å². The normalized spacial score (nSPS) is 24.5. The Balaban J connectivity index is 2.13. The second kappa shape index (κ2) is 5.13. The van der Waals surface area contributed by atoms with Crippen molar-refractivity contribution in [2.75, 3.05) is 7.11 Å². The van der Waals surface area contributed by atoms with Gasteiger partial charge < -0.3 is 15.2 Å². The van der Waals surface area contributed by atoms with E-state index in [4.69, 9.17) is 4.74 Å². The highest BCUT2D eigenvalue weighted by Crippen LogP contribution is 2.40. The van der Waals surface area contributed by atoms with Gasteiger partial charge in [-0.15, -0.1) is 0 Å². The van der Waals surface area contributed by atoms with Gasteiger partial charge in [-0.05, 0) is 40.5 Å². The largest absolute Gasteiger partial charge is 0.497 e. The van der Waals surface area contributed by atoms with Crippen molar-refractivity contribution in [1.82, 2.24) is 5.32 Å². The first kappa shape index (κ1) is 14.3. The van der Waals surface area contributed by atoms with Crippen LogP contribution in [0.4, 0.5) is 0 Å². The molecule has 0 aliphatic heterocycles. The van der Waals surface area contributed by atoms with Gasteiger partial charge in [-0.25, -0.2) is 0 Å². The molecule has 5 heteroatoms. The zero-order valence-electron chi connectivity index (χ0n) is 11.2. The molecule has 4 nitrogen and oxygen atoms in total. The second-order valence-electron chi connectivity index (χ2n) is 5.44. The number of carbonyl (C=O) groups excluding carboxylic acids is 1. The summed E-state index contributed by atoms with van der Waals surface area (Å²) < 4.78 is 5.85. The first-order valence-electron chi connectivity index (χ1n) is 6.18. The van der Waals surface area contributed by atoms with Crippen molar-refractivity contribution in [2.45, 2.75) is 32.4 Å². The van der Waals surface area contributed by atoms with Crippen molar-refractivity contribution >= 4 is 21.8 Å². The van der Waals surface area contributed by atoms with Crippen LogP contribution in [0.25, 0.3) is 0 Å². The lowest BCUT2D eigenvalue weighted by molar-refractivity contribution is -0.0689. The molecular weight excluding hydrogens is 310 g/mol. The van der Waals surface area contributed by atoms with Gasteiger partial charge in [0.15, 0.2) is 0 Å². The van der Waals surface area contributed by atoms with E-state index in [9.17, 15) is 9.90 Å². The highest BCUT2D eigenvalue weighted by molar-refractivity contribution is 9.10. The van der Waals surface area contributed by atoms with Crippen LogP contribution >= 0.6 is 15.9 Å². The number of hydrogen-bond acceptors (Lipinski definition) is 3. The Morgan fingerprint density at radius 1 is 1.53 bits per heavy atom. The predicted octanol–water partition coefficient (Wildman–Crippen LogP) is 2.35. The van der Waals surface area contributed by atoms with Crippen molar-refractivity contribution in [2.24, 2.45) is 5.41 Å². The molecule has 2 atom stereocenters. The molecule has 2 rings (SSSR count). The van der Waals surface area contributed by atoms with Crippen molar-refractivity contribution in [3.63, 3.8) is 0 Å². The maximum absolute atomic E-state index is 12.3. The van der Waals surface area contributed by atoms with E-state index < -0.39 is 0 Å². The molecule has 1 amide bonds. The maximum Gasteiger partial charge on any atom is 0.252 e. The van der Waals surface area contributed by atoms with E-state index in [0.717, 1.165) is 4.47 Å². The number of aliphatic hydroxyl groups excluding tert-OH is 1. The van der Waals surface area contributed by atoms with Gasteiger partial charge in [0.2, 0.25) is 0 Å². The number of benzene rings is 1. The molecule has 0 bridgehead atoms. The monoisotopic (exact) mass is 327 g/mol. The Bertz CT molecular complexity index is 501. The predicted molar refractivity (Wildman–Crippen MR) is 76.4 cm³/mol. The van der Waals surface area contributed by atoms with Crippen LogP contribution in [0, 0.1) is 5.41 Å². The van der Waals surface area contributed by atoms with Crippen LogP contribution in [0.1, 0.15) is 30.6 Å². The van der Waals surface area contributed by atoms with Gasteiger partial charge in [-0.2, -0.15) is 0 Å². The number of carbonyl (C=O) groups is 1. The van der Waals surface area contributed by atoms with Gasteiger partial charge >= 0.3 is 0 Å². The quantitative estimate of drug-likeness (QED) is 0.895. The van der Waals surface area contributed by atoms with Crippen molar-refractivity contribution < 1.29 is 14.6 Å². The molecule has 1 aromatic rings. The van der Waals surface area contributed by atoms with Crippen molar-refractivity contribution in [3.05, 3.63) is 28.2 Å². The van der Waals surface area contributed by atoms with E-state index in [-0.39, 0.29) is 23.5 Å². The number of methoxy groups -OCH3 is 1. The molecule has 104 valence electrons. The molecule has 0 radical (unpaired) electrons. The summed E-state index contributed by atoms with van der Waals surface area (Å²) in [6.45, 7) is 3.90. The fourth-order valence-corrected chi connectivity index (χ4v) is 2.62. The molecule has 1 aliphatic carbocycles. The minimum Gasteiger partial charge on any atom is -0.497 e. The molecule has 2 unspecified atom stereocenters. The Morgan fingerprint density at radius 3 is 2.74 bits per heavy atom. The molecule has 1 aliphatic rings. The Morgan fingerprint density at radius 2 is 2.21 bits per heavy atom. The van der Waals surface area contributed by atoms with E-state index in [1.165, 1.54) is 0 Å². The molecule has 0 spiro atoms. The van der Waals surface area contributed by atoms with E-state index >= 15 is 0 Å². The summed E-state index contributed by atoms with van der Waals surface area (Å²) in [5.74, 6) is 0.483. The fraction of sp³-hybridized carbons (Fsp3) is 0.500. The summed E-state index contributed by atoms with van der Waals surface area (Å²) in [7, 11) is 1.57. The SMILES string of the molecule is COc1ccc(Br)c(C(=O)NC2CC(O)C2(C)C)c1. The number of halogens is 1. The highest BCUT2D eigenvalue weighted by Gasteiger charge is 2.48. The van der Waals surface area contributed by atoms with Crippen LogP contribution < -0.4 is 10.1 Å². The third-order valence-electron chi connectivity index (χ3n) is 3.94. The summed E-state index contributed by atoms with van der Waals surface area (Å²) >= 11 is 3.36. The number of nitrogens with one attached hydrogen (secondary N) is 1. The van der Waals surface area contributed by atoms with E-state index in [1.807, 2.05) is 13.8 Å². The Hall–Kier alpha value is -1.07. The van der Waals surface area contributed by atoms with Crippen LogP contribution in [-0.2, 0) is 0 Å². The number of aliphatic hydroxyl groups is 1. The van der Waals surface area contributed by atoms with Crippen LogP contribution in [0.5, 0.6) is 5.75 Å². The molecule has 0 heterocycles. The average molecular weight is 328 g/mol. The Kier molecular flexibility index (Phi) is 3.87. The number of amides is 1. The molecule has 1 saturated carbocycles. The summed E-state index contributed by atoms with van der Waals surface area (Å²) in [6, 6.07) is 5.27. The van der Waals surface area contributed by atoms with Crippen molar-refractivity contribution in [1.29, 1.82) is 0 Å². The van der Waals surface area contributed by atoms with E-state index in [1.54, 1.807) is 25.3 Å². The third kappa shape index (κ3) is 2.62. The molecular formula is C14H18BrNO3. The van der Waals surface area contributed by atoms with E-state index in [2.05, 4.69) is 21.2 Å². The highest BCUT2D eigenvalue weighted by atomic mass is 79.9. The van der Waals surface area contributed by atoms with Crippen LogP contribution in [-0.4, -0.2) is 30.3 Å². The first-order valence-corrected chi connectivity index (χ1v) is 6.98. The summed E-state index contributed by atoms with van der Waals surface area (Å²) in [5.41, 5.74) is 0.262. The zero-order valence-corrected chi connectivity index (χ0v) is 12.8. The number of hydrogen-bond donors (Lipinski definition) is 2. The lowest BCUT2D eigenvalue weighted by Crippen LogP contribution is -2.61. The standard InChI is InChI=1S/C14H18BrNO3/c1-14(2)11(7-12(14)17)16-13(18)9-6-8(19-3)4-5-10(9)15/h4-6,11-12,17H,7H2,1-3H3,(H,16,18). The average Bonchev–Trinajstić information content (AvgIpc) is 2.38. The summed E-state index contributed by atoms with van der Waals surface area (Å²) in [5, 5.41) is 12.6. The molecule has 0 aromatic heterocycles. The third-order valence-corrected chi connectivity index (χ3v) is 4.63. The molecule has 1 fully saturated rings. The lowest BCUT2D eigenvalue weighted by Gasteiger charge is -2.49. The molecule has 0 saturated heterocycles. The maximum atomic E-state index is 12.3. The smallest absolute Gasteiger partial charge is 0.252 e. The van der Waals surface area contributed by atoms with Crippen LogP contribution in [0.3, 0.4) is 0 Å². The Labute approximate surface area is 121 Å². The van der Waals surface area contributed by atoms with Gasteiger partial charge in [0.05, 0.1) is 18.8 Å². The molecule has 19 heavy (non-hydrogen) atoms. The number of rotatable bonds is 3.